The molecule has 0 aliphatic heterocycles. The first-order valence-corrected chi connectivity index (χ1v) is 9.80. The molecule has 128 valence electrons. The van der Waals surface area contributed by atoms with Crippen LogP contribution in [0.25, 0.3) is 0 Å². The zero-order valence-corrected chi connectivity index (χ0v) is 16.3. The lowest BCUT2D eigenvalue weighted by molar-refractivity contribution is -0.479. The van der Waals surface area contributed by atoms with Crippen molar-refractivity contribution < 1.29 is 14.8 Å². The van der Waals surface area contributed by atoms with Crippen LogP contribution in [0, 0.1) is 0 Å². The first kappa shape index (κ1) is 21.1. The van der Waals surface area contributed by atoms with E-state index in [-0.39, 0.29) is 0 Å². The standard InChI is InChI=1S/C16H37NO3Si/c1-2-3-4-5-6-7-8-9-10-11-12-13-14-15-16-17(19-18)20-21/h18H,2-16H2,1,21H3. The van der Waals surface area contributed by atoms with Gasteiger partial charge in [0.1, 0.15) is 0 Å². The van der Waals surface area contributed by atoms with E-state index in [1.54, 1.807) is 0 Å². The van der Waals surface area contributed by atoms with E-state index in [0.29, 0.717) is 17.0 Å². The van der Waals surface area contributed by atoms with Crippen molar-refractivity contribution in [3.05, 3.63) is 0 Å². The second kappa shape index (κ2) is 18.1. The zero-order chi connectivity index (χ0) is 15.6. The van der Waals surface area contributed by atoms with Gasteiger partial charge in [0, 0.05) is 0 Å². The van der Waals surface area contributed by atoms with Crippen molar-refractivity contribution in [1.82, 2.24) is 5.23 Å². The van der Waals surface area contributed by atoms with E-state index in [2.05, 4.69) is 11.9 Å². The second-order valence-corrected chi connectivity index (χ2v) is 6.28. The van der Waals surface area contributed by atoms with Gasteiger partial charge >= 0.3 is 0 Å². The van der Waals surface area contributed by atoms with Gasteiger partial charge in [-0.2, -0.15) is 0 Å². The summed E-state index contributed by atoms with van der Waals surface area (Å²) in [5.74, 6) is 0. The van der Waals surface area contributed by atoms with Crippen LogP contribution in [0.4, 0.5) is 0 Å². The fourth-order valence-electron chi connectivity index (χ4n) is 2.60. The summed E-state index contributed by atoms with van der Waals surface area (Å²) < 4.78 is 4.91. The summed E-state index contributed by atoms with van der Waals surface area (Å²) in [6.07, 6.45) is 18.9. The van der Waals surface area contributed by atoms with Crippen LogP contribution in [0.1, 0.15) is 96.8 Å². The molecule has 0 aromatic heterocycles. The molecule has 0 unspecified atom stereocenters. The largest absolute Gasteiger partial charge is 0.330 e. The maximum atomic E-state index is 8.45. The van der Waals surface area contributed by atoms with Crippen LogP contribution in [0.5, 0.6) is 0 Å². The van der Waals surface area contributed by atoms with E-state index >= 15 is 0 Å². The van der Waals surface area contributed by atoms with E-state index in [9.17, 15) is 0 Å². The number of nitrogens with zero attached hydrogens (tertiary/aromatic N) is 1. The highest BCUT2D eigenvalue weighted by Gasteiger charge is 2.01. The van der Waals surface area contributed by atoms with Crippen molar-refractivity contribution in [2.24, 2.45) is 0 Å². The Morgan fingerprint density at radius 3 is 1.43 bits per heavy atom. The fourth-order valence-corrected chi connectivity index (χ4v) is 2.85. The highest BCUT2D eigenvalue weighted by atomic mass is 28.2. The molecule has 5 heteroatoms. The molecule has 0 atom stereocenters. The Bertz CT molecular complexity index is 192. The van der Waals surface area contributed by atoms with Crippen molar-refractivity contribution in [2.75, 3.05) is 6.54 Å². The molecule has 0 aliphatic rings. The molecule has 4 nitrogen and oxygen atoms in total. The Morgan fingerprint density at radius 1 is 0.714 bits per heavy atom. The van der Waals surface area contributed by atoms with E-state index in [1.807, 2.05) is 0 Å². The van der Waals surface area contributed by atoms with Crippen LogP contribution in [0.3, 0.4) is 0 Å². The van der Waals surface area contributed by atoms with E-state index < -0.39 is 0 Å². The van der Waals surface area contributed by atoms with Crippen LogP contribution in [-0.4, -0.2) is 27.5 Å². The van der Waals surface area contributed by atoms with Gasteiger partial charge in [0.15, 0.2) is 10.5 Å². The van der Waals surface area contributed by atoms with Gasteiger partial charge in [-0.1, -0.05) is 90.4 Å². The summed E-state index contributed by atoms with van der Waals surface area (Å²) in [5.41, 5.74) is 0. The van der Waals surface area contributed by atoms with Gasteiger partial charge in [0.2, 0.25) is 0 Å². The minimum Gasteiger partial charge on any atom is -0.330 e. The van der Waals surface area contributed by atoms with Gasteiger partial charge in [0.25, 0.3) is 0 Å². The first-order valence-electron chi connectivity index (χ1n) is 8.98. The Morgan fingerprint density at radius 2 is 1.10 bits per heavy atom. The molecule has 0 fully saturated rings. The second-order valence-electron chi connectivity index (χ2n) is 5.92. The van der Waals surface area contributed by atoms with Gasteiger partial charge in [-0.15, -0.1) is 4.99 Å². The van der Waals surface area contributed by atoms with Gasteiger partial charge in [-0.25, -0.2) is 5.26 Å². The third-order valence-electron chi connectivity index (χ3n) is 3.99. The Hall–Kier alpha value is 0.0569. The molecule has 1 N–H and O–H groups in total. The third kappa shape index (κ3) is 16.3. The molecule has 21 heavy (non-hydrogen) atoms. The van der Waals surface area contributed by atoms with Crippen molar-refractivity contribution >= 4 is 10.5 Å². The van der Waals surface area contributed by atoms with Gasteiger partial charge in [-0.05, 0) is 11.6 Å². The summed E-state index contributed by atoms with van der Waals surface area (Å²) in [7, 11) is 0.544. The lowest BCUT2D eigenvalue weighted by atomic mass is 10.0. The average Bonchev–Trinajstić information content (AvgIpc) is 2.51. The molecular weight excluding hydrogens is 282 g/mol. The molecule has 0 heterocycles. The number of hydroxylamine groups is 2. The lowest BCUT2D eigenvalue weighted by Gasteiger charge is -2.13. The molecule has 0 saturated heterocycles. The highest BCUT2D eigenvalue weighted by Crippen LogP contribution is 2.13. The number of hydrogen-bond acceptors (Lipinski definition) is 4. The summed E-state index contributed by atoms with van der Waals surface area (Å²) in [5, 5.41) is 9.61. The molecule has 0 radical (unpaired) electrons. The van der Waals surface area contributed by atoms with Crippen molar-refractivity contribution in [2.45, 2.75) is 96.8 Å². The van der Waals surface area contributed by atoms with Crippen LogP contribution >= 0.6 is 0 Å². The van der Waals surface area contributed by atoms with Gasteiger partial charge in [0.05, 0.1) is 6.54 Å². The minimum atomic E-state index is 0.544. The summed E-state index contributed by atoms with van der Waals surface area (Å²) >= 11 is 0. The van der Waals surface area contributed by atoms with Crippen molar-refractivity contribution in [1.29, 1.82) is 0 Å². The Balaban J connectivity index is 3.02. The van der Waals surface area contributed by atoms with Crippen LogP contribution in [0.2, 0.25) is 0 Å². The smallest absolute Gasteiger partial charge is 0.178 e. The quantitative estimate of drug-likeness (QED) is 0.187. The minimum absolute atomic E-state index is 0.544. The maximum Gasteiger partial charge on any atom is 0.178 e. The van der Waals surface area contributed by atoms with Crippen LogP contribution < -0.4 is 0 Å². The first-order chi connectivity index (χ1) is 10.3. The molecule has 0 bridgehead atoms. The van der Waals surface area contributed by atoms with Crippen molar-refractivity contribution in [3.63, 3.8) is 0 Å². The maximum absolute atomic E-state index is 8.45. The molecule has 0 spiro atoms. The Labute approximate surface area is 134 Å². The van der Waals surface area contributed by atoms with Crippen molar-refractivity contribution in [3.8, 4) is 0 Å². The normalized spacial score (nSPS) is 11.6. The molecule has 0 saturated carbocycles. The highest BCUT2D eigenvalue weighted by molar-refractivity contribution is 5.97. The third-order valence-corrected chi connectivity index (χ3v) is 4.40. The summed E-state index contributed by atoms with van der Waals surface area (Å²) in [4.78, 5) is 4.06. The average molecular weight is 320 g/mol. The van der Waals surface area contributed by atoms with E-state index in [1.165, 1.54) is 83.5 Å². The molecule has 0 amide bonds. The topological polar surface area (TPSA) is 41.9 Å². The number of rotatable bonds is 17. The van der Waals surface area contributed by atoms with Gasteiger partial charge in [-0.3, -0.25) is 0 Å². The predicted octanol–water partition coefficient (Wildman–Crippen LogP) is 4.39. The van der Waals surface area contributed by atoms with Crippen LogP contribution in [0.15, 0.2) is 0 Å². The molecule has 0 aromatic carbocycles. The summed E-state index contributed by atoms with van der Waals surface area (Å²) in [6, 6.07) is 0. The summed E-state index contributed by atoms with van der Waals surface area (Å²) in [6.45, 7) is 2.92. The molecule has 0 aromatic rings. The lowest BCUT2D eigenvalue weighted by Crippen LogP contribution is -2.22. The number of hydrogen-bond donors (Lipinski definition) is 1. The Kier molecular flexibility index (Phi) is 18.2. The number of unbranched alkanes of at least 4 members (excludes halogenated alkanes) is 13. The van der Waals surface area contributed by atoms with E-state index in [0.717, 1.165) is 11.6 Å². The SMILES string of the molecule is CCCCCCCCCCCCCCCCN(OO)O[SiH3]. The monoisotopic (exact) mass is 319 g/mol. The zero-order valence-electron chi connectivity index (χ0n) is 14.3. The molecule has 0 rings (SSSR count). The molecule has 0 aliphatic carbocycles. The van der Waals surface area contributed by atoms with Gasteiger partial charge < -0.3 is 4.53 Å². The predicted molar refractivity (Wildman–Crippen MR) is 91.8 cm³/mol. The van der Waals surface area contributed by atoms with Crippen LogP contribution in [-0.2, 0) is 9.52 Å². The molecular formula is C16H37NO3Si. The van der Waals surface area contributed by atoms with E-state index in [4.69, 9.17) is 9.78 Å². The fraction of sp³-hybridized carbons (Fsp3) is 1.00.